The molecule has 0 heterocycles. The number of nitrogens with zero attached hydrogens (tertiary/aromatic N) is 1. The third-order valence-electron chi connectivity index (χ3n) is 3.61. The van der Waals surface area contributed by atoms with Gasteiger partial charge in [-0.2, -0.15) is 0 Å². The van der Waals surface area contributed by atoms with E-state index in [-0.39, 0.29) is 11.9 Å². The molecule has 0 saturated carbocycles. The molecule has 2 rings (SSSR count). The van der Waals surface area contributed by atoms with E-state index in [4.69, 9.17) is 15.2 Å². The summed E-state index contributed by atoms with van der Waals surface area (Å²) in [4.78, 5) is 16.3. The van der Waals surface area contributed by atoms with Gasteiger partial charge in [-0.05, 0) is 50.2 Å². The Hall–Kier alpha value is -2.74. The number of anilines is 1. The van der Waals surface area contributed by atoms with Crippen molar-refractivity contribution in [2.45, 2.75) is 13.8 Å². The standard InChI is InChI=1S/C20H25BrN4O3/c1-3-27-16-9-10-18(28-4-2)17(13-16)25-20(22)24-12-11-23-19(26)14-5-7-15(21)8-6-14/h5-10,13H,3-4,11-12H2,1-2H3,(H,23,26)(H3,22,24,25). The van der Waals surface area contributed by atoms with Gasteiger partial charge in [-0.1, -0.05) is 15.9 Å². The SMILES string of the molecule is CCOc1ccc(OCC)c(NC(N)=NCCNC(=O)c2ccc(Br)cc2)c1. The van der Waals surface area contributed by atoms with Crippen molar-refractivity contribution >= 4 is 33.5 Å². The predicted molar refractivity (Wildman–Crippen MR) is 115 cm³/mol. The number of guanidine groups is 1. The van der Waals surface area contributed by atoms with Crippen LogP contribution < -0.4 is 25.8 Å². The maximum absolute atomic E-state index is 12.1. The quantitative estimate of drug-likeness (QED) is 0.310. The Bertz CT molecular complexity index is 810. The highest BCUT2D eigenvalue weighted by atomic mass is 79.9. The minimum Gasteiger partial charge on any atom is -0.494 e. The molecule has 0 aromatic heterocycles. The van der Waals surface area contributed by atoms with Crippen molar-refractivity contribution in [2.24, 2.45) is 10.7 Å². The Labute approximate surface area is 173 Å². The van der Waals surface area contributed by atoms with Crippen LogP contribution in [-0.2, 0) is 0 Å². The number of aliphatic imine (C=N–C) groups is 1. The van der Waals surface area contributed by atoms with Crippen LogP contribution in [0.2, 0.25) is 0 Å². The lowest BCUT2D eigenvalue weighted by Crippen LogP contribution is -2.28. The maximum atomic E-state index is 12.1. The Kier molecular flexibility index (Phi) is 8.61. The molecule has 150 valence electrons. The van der Waals surface area contributed by atoms with Gasteiger partial charge >= 0.3 is 0 Å². The topological polar surface area (TPSA) is 98.0 Å². The summed E-state index contributed by atoms with van der Waals surface area (Å²) < 4.78 is 12.0. The molecule has 28 heavy (non-hydrogen) atoms. The zero-order chi connectivity index (χ0) is 20.4. The second kappa shape index (κ2) is 11.2. The number of ether oxygens (including phenoxy) is 2. The molecule has 0 saturated heterocycles. The lowest BCUT2D eigenvalue weighted by Gasteiger charge is -2.14. The van der Waals surface area contributed by atoms with Gasteiger partial charge in [0.2, 0.25) is 0 Å². The normalized spacial score (nSPS) is 11.0. The zero-order valence-corrected chi connectivity index (χ0v) is 17.6. The highest BCUT2D eigenvalue weighted by Gasteiger charge is 2.07. The summed E-state index contributed by atoms with van der Waals surface area (Å²) in [7, 11) is 0. The van der Waals surface area contributed by atoms with Crippen molar-refractivity contribution in [1.29, 1.82) is 0 Å². The van der Waals surface area contributed by atoms with Crippen LogP contribution in [-0.4, -0.2) is 38.2 Å². The van der Waals surface area contributed by atoms with Crippen molar-refractivity contribution in [3.63, 3.8) is 0 Å². The van der Waals surface area contributed by atoms with Crippen molar-refractivity contribution < 1.29 is 14.3 Å². The molecule has 0 radical (unpaired) electrons. The van der Waals surface area contributed by atoms with Gasteiger partial charge in [0.05, 0.1) is 25.4 Å². The van der Waals surface area contributed by atoms with Crippen LogP contribution in [0.15, 0.2) is 51.9 Å². The van der Waals surface area contributed by atoms with Crippen molar-refractivity contribution in [3.05, 3.63) is 52.5 Å². The summed E-state index contributed by atoms with van der Waals surface area (Å²) in [6.07, 6.45) is 0. The lowest BCUT2D eigenvalue weighted by molar-refractivity contribution is 0.0955. The largest absolute Gasteiger partial charge is 0.494 e. The number of carbonyl (C=O) groups is 1. The van der Waals surface area contributed by atoms with Gasteiger partial charge in [-0.15, -0.1) is 0 Å². The smallest absolute Gasteiger partial charge is 0.251 e. The Morgan fingerprint density at radius 3 is 2.50 bits per heavy atom. The fourth-order valence-corrected chi connectivity index (χ4v) is 2.64. The van der Waals surface area contributed by atoms with Gasteiger partial charge < -0.3 is 25.8 Å². The first-order chi connectivity index (χ1) is 13.5. The van der Waals surface area contributed by atoms with Crippen LogP contribution in [0, 0.1) is 0 Å². The van der Waals surface area contributed by atoms with Crippen LogP contribution in [0.4, 0.5) is 5.69 Å². The number of nitrogens with one attached hydrogen (secondary N) is 2. The van der Waals surface area contributed by atoms with Crippen LogP contribution in [0.3, 0.4) is 0 Å². The molecule has 0 spiro atoms. The summed E-state index contributed by atoms with van der Waals surface area (Å²) in [5.41, 5.74) is 7.23. The average Bonchev–Trinajstić information content (AvgIpc) is 2.68. The fourth-order valence-electron chi connectivity index (χ4n) is 2.37. The third kappa shape index (κ3) is 6.77. The van der Waals surface area contributed by atoms with E-state index in [2.05, 4.69) is 31.6 Å². The van der Waals surface area contributed by atoms with E-state index >= 15 is 0 Å². The molecule has 0 fully saturated rings. The Balaban J connectivity index is 1.90. The van der Waals surface area contributed by atoms with Gasteiger partial charge in [0, 0.05) is 22.6 Å². The Morgan fingerprint density at radius 2 is 1.82 bits per heavy atom. The molecule has 0 bridgehead atoms. The van der Waals surface area contributed by atoms with E-state index < -0.39 is 0 Å². The molecule has 1 amide bonds. The molecule has 8 heteroatoms. The molecule has 4 N–H and O–H groups in total. The summed E-state index contributed by atoms with van der Waals surface area (Å²) in [6.45, 7) is 5.63. The van der Waals surface area contributed by atoms with Crippen molar-refractivity contribution in [2.75, 3.05) is 31.6 Å². The lowest BCUT2D eigenvalue weighted by atomic mass is 10.2. The number of rotatable bonds is 9. The molecule has 2 aromatic rings. The first-order valence-corrected chi connectivity index (χ1v) is 9.83. The minimum atomic E-state index is -0.155. The van der Waals surface area contributed by atoms with E-state index in [0.717, 1.165) is 4.47 Å². The summed E-state index contributed by atoms with van der Waals surface area (Å²) in [5.74, 6) is 1.44. The van der Waals surface area contributed by atoms with Crippen LogP contribution in [0.1, 0.15) is 24.2 Å². The second-order valence-electron chi connectivity index (χ2n) is 5.68. The van der Waals surface area contributed by atoms with Crippen LogP contribution >= 0.6 is 15.9 Å². The predicted octanol–water partition coefficient (Wildman–Crippen LogP) is 3.40. The van der Waals surface area contributed by atoms with E-state index in [0.29, 0.717) is 49.1 Å². The highest BCUT2D eigenvalue weighted by molar-refractivity contribution is 9.10. The van der Waals surface area contributed by atoms with Crippen LogP contribution in [0.5, 0.6) is 11.5 Å². The maximum Gasteiger partial charge on any atom is 0.251 e. The van der Waals surface area contributed by atoms with Gasteiger partial charge in [-0.3, -0.25) is 9.79 Å². The molecule has 0 aliphatic heterocycles. The van der Waals surface area contributed by atoms with Gasteiger partial charge in [0.25, 0.3) is 5.91 Å². The number of hydrogen-bond donors (Lipinski definition) is 3. The molecule has 0 aliphatic carbocycles. The number of halogens is 1. The van der Waals surface area contributed by atoms with E-state index in [1.165, 1.54) is 0 Å². The Morgan fingerprint density at radius 1 is 1.11 bits per heavy atom. The zero-order valence-electron chi connectivity index (χ0n) is 16.0. The number of hydrogen-bond acceptors (Lipinski definition) is 4. The molecule has 7 nitrogen and oxygen atoms in total. The van der Waals surface area contributed by atoms with Gasteiger partial charge in [-0.25, -0.2) is 0 Å². The van der Waals surface area contributed by atoms with Gasteiger partial charge in [0.15, 0.2) is 5.96 Å². The number of benzene rings is 2. The van der Waals surface area contributed by atoms with Gasteiger partial charge in [0.1, 0.15) is 11.5 Å². The average molecular weight is 449 g/mol. The molecular weight excluding hydrogens is 424 g/mol. The first kappa shape index (κ1) is 21.6. The van der Waals surface area contributed by atoms with E-state index in [1.54, 1.807) is 12.1 Å². The first-order valence-electron chi connectivity index (χ1n) is 9.03. The van der Waals surface area contributed by atoms with Crippen molar-refractivity contribution in [1.82, 2.24) is 5.32 Å². The second-order valence-corrected chi connectivity index (χ2v) is 6.59. The highest BCUT2D eigenvalue weighted by Crippen LogP contribution is 2.29. The molecule has 0 unspecified atom stereocenters. The number of nitrogens with two attached hydrogens (primary N) is 1. The molecule has 0 atom stereocenters. The minimum absolute atomic E-state index is 0.155. The monoisotopic (exact) mass is 448 g/mol. The number of amides is 1. The van der Waals surface area contributed by atoms with E-state index in [1.807, 2.05) is 44.2 Å². The summed E-state index contributed by atoms with van der Waals surface area (Å²) >= 11 is 3.34. The van der Waals surface area contributed by atoms with E-state index in [9.17, 15) is 4.79 Å². The fraction of sp³-hybridized carbons (Fsp3) is 0.300. The number of carbonyl (C=O) groups excluding carboxylic acids is 1. The summed E-state index contributed by atoms with van der Waals surface area (Å²) in [6, 6.07) is 12.6. The summed E-state index contributed by atoms with van der Waals surface area (Å²) in [5, 5.41) is 5.83. The van der Waals surface area contributed by atoms with Crippen molar-refractivity contribution in [3.8, 4) is 11.5 Å². The molecule has 0 aliphatic rings. The van der Waals surface area contributed by atoms with Crippen LogP contribution in [0.25, 0.3) is 0 Å². The molecule has 2 aromatic carbocycles. The third-order valence-corrected chi connectivity index (χ3v) is 4.14. The molecular formula is C20H25BrN4O3.